The molecule has 1 aliphatic rings. The summed E-state index contributed by atoms with van der Waals surface area (Å²) in [7, 11) is 5.70. The van der Waals surface area contributed by atoms with Crippen LogP contribution in [0.1, 0.15) is 16.9 Å². The predicted octanol–water partition coefficient (Wildman–Crippen LogP) is 0.542. The van der Waals surface area contributed by atoms with Gasteiger partial charge in [0.15, 0.2) is 0 Å². The lowest BCUT2D eigenvalue weighted by Gasteiger charge is -2.20. The molecular formula is C13H21N5O. The Morgan fingerprint density at radius 3 is 3.00 bits per heavy atom. The summed E-state index contributed by atoms with van der Waals surface area (Å²) in [5.74, 6) is 1.10. The Morgan fingerprint density at radius 2 is 2.37 bits per heavy atom. The molecule has 1 N–H and O–H groups in total. The highest BCUT2D eigenvalue weighted by Gasteiger charge is 2.23. The van der Waals surface area contributed by atoms with Crippen molar-refractivity contribution >= 4 is 11.7 Å². The van der Waals surface area contributed by atoms with Crippen LogP contribution in [-0.4, -0.2) is 66.5 Å². The maximum absolute atomic E-state index is 12.3. The van der Waals surface area contributed by atoms with E-state index in [9.17, 15) is 4.79 Å². The molecule has 0 bridgehead atoms. The Kier molecular flexibility index (Phi) is 4.31. The zero-order chi connectivity index (χ0) is 13.8. The molecule has 104 valence electrons. The SMILES string of the molecule is CNc1cncc(C(=O)N(C)CC2CCN(C)C2)n1. The average Bonchev–Trinajstić information content (AvgIpc) is 2.83. The molecule has 0 radical (unpaired) electrons. The van der Waals surface area contributed by atoms with Gasteiger partial charge in [0.1, 0.15) is 11.5 Å². The van der Waals surface area contributed by atoms with Gasteiger partial charge >= 0.3 is 0 Å². The topological polar surface area (TPSA) is 61.4 Å². The number of hydrogen-bond acceptors (Lipinski definition) is 5. The molecule has 1 aliphatic heterocycles. The number of likely N-dealkylation sites (tertiary alicyclic amines) is 1. The Balaban J connectivity index is 1.98. The molecule has 6 nitrogen and oxygen atoms in total. The van der Waals surface area contributed by atoms with Crippen molar-refractivity contribution in [2.45, 2.75) is 6.42 Å². The third-order valence-corrected chi connectivity index (χ3v) is 3.48. The number of anilines is 1. The van der Waals surface area contributed by atoms with Gasteiger partial charge in [-0.25, -0.2) is 4.98 Å². The van der Waals surface area contributed by atoms with E-state index in [1.807, 2.05) is 7.05 Å². The molecule has 0 spiro atoms. The summed E-state index contributed by atoms with van der Waals surface area (Å²) in [6, 6.07) is 0. The van der Waals surface area contributed by atoms with Gasteiger partial charge in [-0.15, -0.1) is 0 Å². The smallest absolute Gasteiger partial charge is 0.273 e. The molecule has 19 heavy (non-hydrogen) atoms. The van der Waals surface area contributed by atoms with Crippen LogP contribution in [0.3, 0.4) is 0 Å². The third-order valence-electron chi connectivity index (χ3n) is 3.48. The highest BCUT2D eigenvalue weighted by atomic mass is 16.2. The molecule has 1 amide bonds. The summed E-state index contributed by atoms with van der Waals surface area (Å²) >= 11 is 0. The van der Waals surface area contributed by atoms with E-state index in [2.05, 4.69) is 27.2 Å². The van der Waals surface area contributed by atoms with Crippen LogP contribution < -0.4 is 5.32 Å². The van der Waals surface area contributed by atoms with Gasteiger partial charge in [0, 0.05) is 27.2 Å². The standard InChI is InChI=1S/C13H21N5O/c1-14-12-7-15-6-11(16-12)13(19)18(3)9-10-4-5-17(2)8-10/h6-7,10H,4-5,8-9H2,1-3H3,(H,14,16). The van der Waals surface area contributed by atoms with Crippen molar-refractivity contribution in [2.24, 2.45) is 5.92 Å². The minimum absolute atomic E-state index is 0.0702. The summed E-state index contributed by atoms with van der Waals surface area (Å²) < 4.78 is 0. The lowest BCUT2D eigenvalue weighted by molar-refractivity contribution is 0.0768. The summed E-state index contributed by atoms with van der Waals surface area (Å²) in [6.07, 6.45) is 4.26. The van der Waals surface area contributed by atoms with E-state index in [0.29, 0.717) is 17.4 Å². The van der Waals surface area contributed by atoms with Crippen molar-refractivity contribution in [3.8, 4) is 0 Å². The van der Waals surface area contributed by atoms with Gasteiger partial charge in [-0.2, -0.15) is 0 Å². The van der Waals surface area contributed by atoms with Crippen molar-refractivity contribution in [3.63, 3.8) is 0 Å². The molecule has 0 aliphatic carbocycles. The second kappa shape index (κ2) is 5.97. The van der Waals surface area contributed by atoms with Crippen LogP contribution in [0.5, 0.6) is 0 Å². The number of aromatic nitrogens is 2. The van der Waals surface area contributed by atoms with Crippen LogP contribution in [-0.2, 0) is 0 Å². The lowest BCUT2D eigenvalue weighted by atomic mass is 10.1. The molecular weight excluding hydrogens is 242 g/mol. The Labute approximate surface area is 113 Å². The number of rotatable bonds is 4. The van der Waals surface area contributed by atoms with Crippen molar-refractivity contribution in [1.29, 1.82) is 0 Å². The fraction of sp³-hybridized carbons (Fsp3) is 0.615. The third kappa shape index (κ3) is 3.41. The van der Waals surface area contributed by atoms with Gasteiger partial charge < -0.3 is 15.1 Å². The Bertz CT molecular complexity index is 450. The van der Waals surface area contributed by atoms with E-state index in [1.54, 1.807) is 18.1 Å². The Morgan fingerprint density at radius 1 is 1.58 bits per heavy atom. The van der Waals surface area contributed by atoms with Crippen molar-refractivity contribution < 1.29 is 4.79 Å². The largest absolute Gasteiger partial charge is 0.372 e. The number of amides is 1. The van der Waals surface area contributed by atoms with Gasteiger partial charge in [-0.1, -0.05) is 0 Å². The fourth-order valence-electron chi connectivity index (χ4n) is 2.43. The van der Waals surface area contributed by atoms with Gasteiger partial charge in [-0.3, -0.25) is 9.78 Å². The van der Waals surface area contributed by atoms with E-state index in [4.69, 9.17) is 0 Å². The molecule has 1 atom stereocenters. The first kappa shape index (κ1) is 13.7. The van der Waals surface area contributed by atoms with Crippen LogP contribution in [0.15, 0.2) is 12.4 Å². The van der Waals surface area contributed by atoms with Crippen LogP contribution in [0.4, 0.5) is 5.82 Å². The van der Waals surface area contributed by atoms with Gasteiger partial charge in [0.2, 0.25) is 0 Å². The molecule has 1 fully saturated rings. The number of carbonyl (C=O) groups excluding carboxylic acids is 1. The fourth-order valence-corrected chi connectivity index (χ4v) is 2.43. The van der Waals surface area contributed by atoms with E-state index in [0.717, 1.165) is 26.1 Å². The highest BCUT2D eigenvalue weighted by Crippen LogP contribution is 2.16. The van der Waals surface area contributed by atoms with Gasteiger partial charge in [0.05, 0.1) is 12.4 Å². The van der Waals surface area contributed by atoms with Crippen LogP contribution >= 0.6 is 0 Å². The van der Waals surface area contributed by atoms with E-state index >= 15 is 0 Å². The predicted molar refractivity (Wildman–Crippen MR) is 74.1 cm³/mol. The molecule has 2 heterocycles. The van der Waals surface area contributed by atoms with E-state index < -0.39 is 0 Å². The number of nitrogens with one attached hydrogen (secondary N) is 1. The average molecular weight is 263 g/mol. The second-order valence-corrected chi connectivity index (χ2v) is 5.14. The number of hydrogen-bond donors (Lipinski definition) is 1. The first-order valence-electron chi connectivity index (χ1n) is 6.54. The molecule has 0 saturated carbocycles. The lowest BCUT2D eigenvalue weighted by Crippen LogP contribution is -2.33. The highest BCUT2D eigenvalue weighted by molar-refractivity contribution is 5.92. The first-order valence-corrected chi connectivity index (χ1v) is 6.54. The van der Waals surface area contributed by atoms with E-state index in [-0.39, 0.29) is 5.91 Å². The second-order valence-electron chi connectivity index (χ2n) is 5.14. The van der Waals surface area contributed by atoms with Gasteiger partial charge in [0.25, 0.3) is 5.91 Å². The molecule has 1 aromatic heterocycles. The zero-order valence-electron chi connectivity index (χ0n) is 11.8. The molecule has 1 saturated heterocycles. The number of carbonyl (C=O) groups is 1. The van der Waals surface area contributed by atoms with Crippen LogP contribution in [0, 0.1) is 5.92 Å². The van der Waals surface area contributed by atoms with Crippen molar-refractivity contribution in [2.75, 3.05) is 46.1 Å². The maximum atomic E-state index is 12.3. The van der Waals surface area contributed by atoms with Crippen LogP contribution in [0.2, 0.25) is 0 Å². The summed E-state index contributed by atoms with van der Waals surface area (Å²) in [4.78, 5) is 24.6. The monoisotopic (exact) mass is 263 g/mol. The number of nitrogens with zero attached hydrogens (tertiary/aromatic N) is 4. The maximum Gasteiger partial charge on any atom is 0.273 e. The first-order chi connectivity index (χ1) is 9.10. The van der Waals surface area contributed by atoms with Crippen molar-refractivity contribution in [1.82, 2.24) is 19.8 Å². The van der Waals surface area contributed by atoms with Crippen LogP contribution in [0.25, 0.3) is 0 Å². The molecule has 0 aromatic carbocycles. The van der Waals surface area contributed by atoms with Crippen molar-refractivity contribution in [3.05, 3.63) is 18.1 Å². The molecule has 2 rings (SSSR count). The summed E-state index contributed by atoms with van der Waals surface area (Å²) in [5, 5.41) is 2.89. The molecule has 1 aromatic rings. The minimum Gasteiger partial charge on any atom is -0.372 e. The van der Waals surface area contributed by atoms with Gasteiger partial charge in [-0.05, 0) is 25.9 Å². The molecule has 1 unspecified atom stereocenters. The molecule has 6 heteroatoms. The minimum atomic E-state index is -0.0702. The summed E-state index contributed by atoms with van der Waals surface area (Å²) in [5.41, 5.74) is 0.390. The zero-order valence-corrected chi connectivity index (χ0v) is 11.8. The Hall–Kier alpha value is -1.69. The quantitative estimate of drug-likeness (QED) is 0.859. The normalized spacial score (nSPS) is 19.4. The summed E-state index contributed by atoms with van der Waals surface area (Å²) in [6.45, 7) is 2.94. The van der Waals surface area contributed by atoms with E-state index in [1.165, 1.54) is 6.20 Å².